The average molecular weight is 603 g/mol. The van der Waals surface area contributed by atoms with Crippen molar-refractivity contribution in [2.45, 2.75) is 18.8 Å². The molecule has 3 atom stereocenters. The van der Waals surface area contributed by atoms with Crippen LogP contribution in [0.25, 0.3) is 0 Å². The highest BCUT2D eigenvalue weighted by Crippen LogP contribution is 2.50. The number of benzene rings is 4. The Bertz CT molecular complexity index is 1550. The minimum Gasteiger partial charge on any atom is -0.493 e. The fourth-order valence-corrected chi connectivity index (χ4v) is 5.72. The summed E-state index contributed by atoms with van der Waals surface area (Å²) >= 11 is 3.68. The van der Waals surface area contributed by atoms with Gasteiger partial charge in [-0.05, 0) is 59.7 Å². The minimum atomic E-state index is -1.06. The van der Waals surface area contributed by atoms with Gasteiger partial charge in [-0.1, -0.05) is 64.5 Å². The van der Waals surface area contributed by atoms with E-state index in [2.05, 4.69) is 15.9 Å². The fourth-order valence-electron chi connectivity index (χ4n) is 5.16. The molecule has 0 radical (unpaired) electrons. The Hall–Kier alpha value is -4.21. The topological polar surface area (TPSA) is 68.3 Å². The van der Waals surface area contributed by atoms with Gasteiger partial charge in [-0.2, -0.15) is 0 Å². The van der Waals surface area contributed by atoms with Crippen molar-refractivity contribution in [3.63, 3.8) is 0 Å². The second-order valence-corrected chi connectivity index (χ2v) is 10.3. The first kappa shape index (κ1) is 26.0. The van der Waals surface area contributed by atoms with Crippen LogP contribution in [0.3, 0.4) is 0 Å². The molecule has 0 spiro atoms. The number of amides is 2. The van der Waals surface area contributed by atoms with E-state index in [9.17, 15) is 14.0 Å². The number of hydrogen-bond donors (Lipinski definition) is 0. The number of methoxy groups -OCH3 is 1. The van der Waals surface area contributed by atoms with Gasteiger partial charge in [0, 0.05) is 4.47 Å². The summed E-state index contributed by atoms with van der Waals surface area (Å²) in [7, 11) is 1.55. The van der Waals surface area contributed by atoms with Crippen molar-refractivity contribution in [3.05, 3.63) is 118 Å². The monoisotopic (exact) mass is 602 g/mol. The molecule has 40 heavy (non-hydrogen) atoms. The number of anilines is 2. The molecule has 2 aliphatic heterocycles. The van der Waals surface area contributed by atoms with E-state index in [1.54, 1.807) is 24.3 Å². The second kappa shape index (κ2) is 10.7. The van der Waals surface area contributed by atoms with Crippen LogP contribution in [0, 0.1) is 11.7 Å². The van der Waals surface area contributed by atoms with Gasteiger partial charge < -0.3 is 9.47 Å². The van der Waals surface area contributed by atoms with Crippen LogP contribution in [0.5, 0.6) is 11.5 Å². The van der Waals surface area contributed by atoms with Crippen molar-refractivity contribution in [1.82, 2.24) is 0 Å². The highest BCUT2D eigenvalue weighted by molar-refractivity contribution is 9.10. The summed E-state index contributed by atoms with van der Waals surface area (Å²) in [4.78, 5) is 34.7. The zero-order valence-electron chi connectivity index (χ0n) is 21.4. The van der Waals surface area contributed by atoms with Crippen LogP contribution in [0.1, 0.15) is 17.2 Å². The molecule has 2 heterocycles. The number of nitrogens with zero attached hydrogens (tertiary/aromatic N) is 2. The van der Waals surface area contributed by atoms with Crippen LogP contribution in [-0.2, 0) is 21.0 Å². The van der Waals surface area contributed by atoms with Gasteiger partial charge in [-0.15, -0.1) is 0 Å². The van der Waals surface area contributed by atoms with Gasteiger partial charge >= 0.3 is 0 Å². The number of imide groups is 1. The van der Waals surface area contributed by atoms with E-state index in [1.165, 1.54) is 24.3 Å². The Kier molecular flexibility index (Phi) is 7.00. The predicted octanol–water partition coefficient (Wildman–Crippen LogP) is 6.23. The lowest BCUT2D eigenvalue weighted by atomic mass is 9.90. The van der Waals surface area contributed by atoms with Crippen LogP contribution in [0.4, 0.5) is 15.8 Å². The number of para-hydroxylation sites is 1. The Morgan fingerprint density at radius 1 is 0.850 bits per heavy atom. The third-order valence-corrected chi connectivity index (χ3v) is 7.74. The Balaban J connectivity index is 1.40. The maximum atomic E-state index is 13.9. The SMILES string of the molecule is COc1cc([C@@H]2[C@H]3C(=O)N(c4ccc(F)cc4)C(=O)[C@@H]3ON2c2ccccc2)c(Br)cc1OCc1ccccc1. The van der Waals surface area contributed by atoms with Crippen molar-refractivity contribution >= 4 is 39.1 Å². The zero-order chi connectivity index (χ0) is 27.8. The molecule has 2 saturated heterocycles. The normalized spacial score (nSPS) is 20.1. The largest absolute Gasteiger partial charge is 0.493 e. The van der Waals surface area contributed by atoms with E-state index < -0.39 is 35.7 Å². The molecule has 9 heteroatoms. The van der Waals surface area contributed by atoms with Crippen molar-refractivity contribution in [3.8, 4) is 11.5 Å². The van der Waals surface area contributed by atoms with E-state index in [-0.39, 0.29) is 0 Å². The summed E-state index contributed by atoms with van der Waals surface area (Å²) in [6.07, 6.45) is -1.06. The minimum absolute atomic E-state index is 0.292. The van der Waals surface area contributed by atoms with Gasteiger partial charge in [-0.3, -0.25) is 14.4 Å². The lowest BCUT2D eigenvalue weighted by Gasteiger charge is -2.29. The number of rotatable bonds is 7. The summed E-state index contributed by atoms with van der Waals surface area (Å²) in [6, 6.07) is 27.2. The molecule has 0 bridgehead atoms. The number of ether oxygens (including phenoxy) is 2. The van der Waals surface area contributed by atoms with E-state index in [0.29, 0.717) is 39.5 Å². The molecule has 2 fully saturated rings. The van der Waals surface area contributed by atoms with Crippen LogP contribution in [-0.4, -0.2) is 25.0 Å². The third-order valence-electron chi connectivity index (χ3n) is 7.05. The standard InChI is InChI=1S/C31H24BrFN2O5/c1-38-25-16-23(24(32)17-26(25)39-18-19-8-4-2-5-9-19)28-27-29(40-35(28)22-10-6-3-7-11-22)31(37)34(30(27)36)21-14-12-20(33)13-15-21/h2-17,27-29H,18H2,1H3/t27-,28-,29-/m1/s1. The Labute approximate surface area is 238 Å². The molecule has 4 aromatic carbocycles. The molecular formula is C31H24BrFN2O5. The van der Waals surface area contributed by atoms with Gasteiger partial charge in [0.25, 0.3) is 5.91 Å². The molecule has 0 N–H and O–H groups in total. The summed E-state index contributed by atoms with van der Waals surface area (Å²) < 4.78 is 26.0. The molecular weight excluding hydrogens is 579 g/mol. The van der Waals surface area contributed by atoms with Gasteiger partial charge in [0.05, 0.1) is 24.5 Å². The van der Waals surface area contributed by atoms with E-state index >= 15 is 0 Å². The summed E-state index contributed by atoms with van der Waals surface area (Å²) in [6.45, 7) is 0.343. The lowest BCUT2D eigenvalue weighted by molar-refractivity contribution is -0.126. The molecule has 202 valence electrons. The van der Waals surface area contributed by atoms with Gasteiger partial charge in [0.2, 0.25) is 5.91 Å². The molecule has 0 aliphatic carbocycles. The van der Waals surface area contributed by atoms with Crippen molar-refractivity contribution < 1.29 is 28.3 Å². The van der Waals surface area contributed by atoms with E-state index in [1.807, 2.05) is 60.7 Å². The average Bonchev–Trinajstić information content (AvgIpc) is 3.49. The number of hydroxylamine groups is 1. The first-order chi connectivity index (χ1) is 19.5. The molecule has 2 amide bonds. The number of carbonyl (C=O) groups excluding carboxylic acids is 2. The van der Waals surface area contributed by atoms with Gasteiger partial charge in [0.1, 0.15) is 18.3 Å². The number of carbonyl (C=O) groups is 2. The molecule has 4 aromatic rings. The first-order valence-corrected chi connectivity index (χ1v) is 13.4. The molecule has 0 unspecified atom stereocenters. The summed E-state index contributed by atoms with van der Waals surface area (Å²) in [5.41, 5.74) is 2.66. The second-order valence-electron chi connectivity index (χ2n) is 9.45. The molecule has 0 aromatic heterocycles. The Morgan fingerprint density at radius 2 is 1.52 bits per heavy atom. The lowest BCUT2D eigenvalue weighted by Crippen LogP contribution is -2.37. The molecule has 7 nitrogen and oxygen atoms in total. The number of halogens is 2. The number of fused-ring (bicyclic) bond motifs is 1. The predicted molar refractivity (Wildman–Crippen MR) is 150 cm³/mol. The summed E-state index contributed by atoms with van der Waals surface area (Å²) in [5.74, 6) is -1.27. The zero-order valence-corrected chi connectivity index (χ0v) is 23.0. The number of hydrogen-bond acceptors (Lipinski definition) is 6. The smallest absolute Gasteiger partial charge is 0.266 e. The van der Waals surface area contributed by atoms with Crippen molar-refractivity contribution in [1.29, 1.82) is 0 Å². The van der Waals surface area contributed by atoms with E-state index in [0.717, 1.165) is 10.5 Å². The highest BCUT2D eigenvalue weighted by atomic mass is 79.9. The van der Waals surface area contributed by atoms with Gasteiger partial charge in [-0.25, -0.2) is 14.4 Å². The molecule has 2 aliphatic rings. The van der Waals surface area contributed by atoms with Crippen LogP contribution in [0.15, 0.2) is 102 Å². The maximum absolute atomic E-state index is 13.9. The summed E-state index contributed by atoms with van der Waals surface area (Å²) in [5, 5.41) is 1.61. The van der Waals surface area contributed by atoms with Gasteiger partial charge in [0.15, 0.2) is 17.6 Å². The quantitative estimate of drug-likeness (QED) is 0.234. The molecule has 6 rings (SSSR count). The first-order valence-electron chi connectivity index (χ1n) is 12.6. The fraction of sp³-hybridized carbons (Fsp3) is 0.161. The third kappa shape index (κ3) is 4.61. The maximum Gasteiger partial charge on any atom is 0.266 e. The molecule has 0 saturated carbocycles. The van der Waals surface area contributed by atoms with Crippen molar-refractivity contribution in [2.24, 2.45) is 5.92 Å². The van der Waals surface area contributed by atoms with Crippen LogP contribution < -0.4 is 19.4 Å². The Morgan fingerprint density at radius 3 is 2.20 bits per heavy atom. The highest BCUT2D eigenvalue weighted by Gasteiger charge is 2.60. The van der Waals surface area contributed by atoms with Crippen LogP contribution in [0.2, 0.25) is 0 Å². The van der Waals surface area contributed by atoms with E-state index in [4.69, 9.17) is 14.3 Å². The van der Waals surface area contributed by atoms with Crippen LogP contribution >= 0.6 is 15.9 Å². The van der Waals surface area contributed by atoms with Crippen molar-refractivity contribution in [2.75, 3.05) is 17.1 Å².